The van der Waals surface area contributed by atoms with E-state index in [4.69, 9.17) is 15.9 Å². The van der Waals surface area contributed by atoms with Gasteiger partial charge in [0.15, 0.2) is 0 Å². The Labute approximate surface area is 76.0 Å². The molecule has 0 rings (SSSR count). The number of aliphatic carboxylic acids is 2. The molecule has 0 aliphatic carbocycles. The molecule has 0 bridgehead atoms. The number of carboxylic acids is 2. The van der Waals surface area contributed by atoms with Crippen LogP contribution in [0.15, 0.2) is 0 Å². The van der Waals surface area contributed by atoms with Crippen molar-refractivity contribution in [2.24, 2.45) is 11.7 Å². The van der Waals surface area contributed by atoms with Crippen LogP contribution in [0.25, 0.3) is 0 Å². The number of carboxylic acid groups (broad SMARTS) is 2. The van der Waals surface area contributed by atoms with Gasteiger partial charge in [0.25, 0.3) is 0 Å². The van der Waals surface area contributed by atoms with Gasteiger partial charge in [-0.3, -0.25) is 9.59 Å². The van der Waals surface area contributed by atoms with Crippen LogP contribution in [0.3, 0.4) is 0 Å². The van der Waals surface area contributed by atoms with Crippen molar-refractivity contribution in [3.8, 4) is 0 Å². The van der Waals surface area contributed by atoms with Crippen molar-refractivity contribution >= 4 is 24.3 Å². The molecule has 5 nitrogen and oxygen atoms in total. The zero-order valence-corrected chi connectivity index (χ0v) is 7.37. The molecule has 0 spiro atoms. The molecule has 2 atom stereocenters. The number of halogens is 1. The molecule has 4 N–H and O–H groups in total. The van der Waals surface area contributed by atoms with Crippen molar-refractivity contribution in [1.29, 1.82) is 0 Å². The van der Waals surface area contributed by atoms with Gasteiger partial charge in [0, 0.05) is 0 Å². The Morgan fingerprint density at radius 3 is 1.83 bits per heavy atom. The molecule has 0 unspecified atom stereocenters. The molecule has 12 heavy (non-hydrogen) atoms. The van der Waals surface area contributed by atoms with E-state index in [-0.39, 0.29) is 18.8 Å². The molecule has 0 aromatic heterocycles. The maximum absolute atomic E-state index is 10.3. The Morgan fingerprint density at radius 2 is 1.75 bits per heavy atom. The van der Waals surface area contributed by atoms with E-state index in [0.717, 1.165) is 0 Å². The van der Waals surface area contributed by atoms with Crippen LogP contribution in [-0.4, -0.2) is 28.2 Å². The van der Waals surface area contributed by atoms with Crippen LogP contribution < -0.4 is 5.73 Å². The standard InChI is InChI=1S/C6H11NO4.ClH/c1-2-3(5(8)9)4(7)6(10)11;/h3-4H,2,7H2,1H3,(H,8,9)(H,10,11);1H/t3-,4-;/m0./s1. The highest BCUT2D eigenvalue weighted by atomic mass is 35.5. The lowest BCUT2D eigenvalue weighted by Crippen LogP contribution is -2.41. The predicted molar refractivity (Wildman–Crippen MR) is 44.3 cm³/mol. The molecule has 0 saturated heterocycles. The fourth-order valence-electron chi connectivity index (χ4n) is 0.754. The molecule has 0 aliphatic rings. The van der Waals surface area contributed by atoms with Crippen LogP contribution in [0.2, 0.25) is 0 Å². The van der Waals surface area contributed by atoms with Crippen LogP contribution in [0.4, 0.5) is 0 Å². The number of hydrogen-bond donors (Lipinski definition) is 3. The highest BCUT2D eigenvalue weighted by Crippen LogP contribution is 2.06. The van der Waals surface area contributed by atoms with Crippen LogP contribution in [0, 0.1) is 5.92 Å². The van der Waals surface area contributed by atoms with E-state index >= 15 is 0 Å². The smallest absolute Gasteiger partial charge is 0.321 e. The summed E-state index contributed by atoms with van der Waals surface area (Å²) in [5, 5.41) is 16.8. The third kappa shape index (κ3) is 3.54. The van der Waals surface area contributed by atoms with E-state index < -0.39 is 23.9 Å². The van der Waals surface area contributed by atoms with Gasteiger partial charge >= 0.3 is 11.9 Å². The Bertz CT molecular complexity index is 173. The van der Waals surface area contributed by atoms with Gasteiger partial charge in [0.05, 0.1) is 5.92 Å². The summed E-state index contributed by atoms with van der Waals surface area (Å²) in [6.45, 7) is 1.58. The first-order valence-corrected chi connectivity index (χ1v) is 3.21. The molecule has 0 fully saturated rings. The number of carbonyl (C=O) groups is 2. The summed E-state index contributed by atoms with van der Waals surface area (Å²) < 4.78 is 0. The molecule has 0 saturated carbocycles. The van der Waals surface area contributed by atoms with Crippen molar-refractivity contribution in [2.75, 3.05) is 0 Å². The molecule has 6 heteroatoms. The fourth-order valence-corrected chi connectivity index (χ4v) is 0.754. The lowest BCUT2D eigenvalue weighted by Gasteiger charge is -2.13. The topological polar surface area (TPSA) is 101 Å². The third-order valence-corrected chi connectivity index (χ3v) is 1.48. The quantitative estimate of drug-likeness (QED) is 0.586. The molecule has 0 aromatic rings. The van der Waals surface area contributed by atoms with Gasteiger partial charge in [-0.25, -0.2) is 0 Å². The van der Waals surface area contributed by atoms with Crippen LogP contribution in [0.5, 0.6) is 0 Å². The van der Waals surface area contributed by atoms with E-state index in [1.165, 1.54) is 0 Å². The first kappa shape index (κ1) is 13.8. The van der Waals surface area contributed by atoms with Gasteiger partial charge < -0.3 is 15.9 Å². The maximum atomic E-state index is 10.3. The summed E-state index contributed by atoms with van der Waals surface area (Å²) in [4.78, 5) is 20.5. The van der Waals surface area contributed by atoms with Crippen LogP contribution in [-0.2, 0) is 9.59 Å². The molecular formula is C6H12ClNO4. The van der Waals surface area contributed by atoms with Crippen molar-refractivity contribution < 1.29 is 19.8 Å². The highest BCUT2D eigenvalue weighted by Gasteiger charge is 2.28. The lowest BCUT2D eigenvalue weighted by atomic mass is 9.98. The van der Waals surface area contributed by atoms with Crippen molar-refractivity contribution in [3.05, 3.63) is 0 Å². The maximum Gasteiger partial charge on any atom is 0.321 e. The summed E-state index contributed by atoms with van der Waals surface area (Å²) in [5.74, 6) is -3.44. The highest BCUT2D eigenvalue weighted by molar-refractivity contribution is 5.85. The second-order valence-electron chi connectivity index (χ2n) is 2.22. The van der Waals surface area contributed by atoms with E-state index in [0.29, 0.717) is 0 Å². The number of rotatable bonds is 4. The largest absolute Gasteiger partial charge is 0.481 e. The van der Waals surface area contributed by atoms with Crippen molar-refractivity contribution in [3.63, 3.8) is 0 Å². The molecule has 72 valence electrons. The Hall–Kier alpha value is -0.810. The number of hydrogen-bond acceptors (Lipinski definition) is 3. The zero-order valence-electron chi connectivity index (χ0n) is 6.56. The van der Waals surface area contributed by atoms with E-state index in [1.807, 2.05) is 0 Å². The van der Waals surface area contributed by atoms with Gasteiger partial charge in [-0.1, -0.05) is 6.92 Å². The Balaban J connectivity index is 0. The van der Waals surface area contributed by atoms with Crippen molar-refractivity contribution in [2.45, 2.75) is 19.4 Å². The fraction of sp³-hybridized carbons (Fsp3) is 0.667. The Kier molecular flexibility index (Phi) is 6.64. The monoisotopic (exact) mass is 197 g/mol. The van der Waals surface area contributed by atoms with Gasteiger partial charge in [0.2, 0.25) is 0 Å². The van der Waals surface area contributed by atoms with Gasteiger partial charge in [-0.15, -0.1) is 12.4 Å². The van der Waals surface area contributed by atoms with Crippen LogP contribution in [0.1, 0.15) is 13.3 Å². The summed E-state index contributed by atoms with van der Waals surface area (Å²) in [5.41, 5.74) is 5.09. The molecule has 0 aromatic carbocycles. The summed E-state index contributed by atoms with van der Waals surface area (Å²) >= 11 is 0. The number of nitrogens with two attached hydrogens (primary N) is 1. The second-order valence-corrected chi connectivity index (χ2v) is 2.22. The van der Waals surface area contributed by atoms with Crippen LogP contribution >= 0.6 is 12.4 Å². The van der Waals surface area contributed by atoms with Gasteiger partial charge in [-0.2, -0.15) is 0 Å². The Morgan fingerprint density at radius 1 is 1.33 bits per heavy atom. The first-order valence-electron chi connectivity index (χ1n) is 3.21. The normalized spacial score (nSPS) is 14.2. The lowest BCUT2D eigenvalue weighted by molar-refractivity contribution is -0.150. The van der Waals surface area contributed by atoms with Gasteiger partial charge in [0.1, 0.15) is 6.04 Å². The molecule has 0 radical (unpaired) electrons. The van der Waals surface area contributed by atoms with Crippen molar-refractivity contribution in [1.82, 2.24) is 0 Å². The van der Waals surface area contributed by atoms with E-state index in [9.17, 15) is 9.59 Å². The molecule has 0 heterocycles. The predicted octanol–water partition coefficient (Wildman–Crippen LogP) is -0.0691. The summed E-state index contributed by atoms with van der Waals surface area (Å²) in [7, 11) is 0. The zero-order chi connectivity index (χ0) is 9.02. The van der Waals surface area contributed by atoms with E-state index in [1.54, 1.807) is 6.92 Å². The first-order chi connectivity index (χ1) is 5.00. The molecule has 0 amide bonds. The second kappa shape index (κ2) is 5.79. The average Bonchev–Trinajstić information content (AvgIpc) is 1.88. The van der Waals surface area contributed by atoms with E-state index in [2.05, 4.69) is 0 Å². The molecule has 0 aliphatic heterocycles. The minimum atomic E-state index is -1.31. The molecular weight excluding hydrogens is 186 g/mol. The van der Waals surface area contributed by atoms with Gasteiger partial charge in [-0.05, 0) is 6.42 Å². The minimum Gasteiger partial charge on any atom is -0.481 e. The minimum absolute atomic E-state index is 0. The average molecular weight is 198 g/mol. The third-order valence-electron chi connectivity index (χ3n) is 1.48. The summed E-state index contributed by atoms with van der Waals surface area (Å²) in [6, 6.07) is -1.31. The SMILES string of the molecule is CC[C@H](C(=O)O)[C@H](N)C(=O)O.Cl. The summed E-state index contributed by atoms with van der Waals surface area (Å²) in [6.07, 6.45) is 0.225.